The minimum absolute atomic E-state index is 0.195. The Morgan fingerprint density at radius 3 is 2.63 bits per heavy atom. The molecule has 0 saturated heterocycles. The van der Waals surface area contributed by atoms with Crippen molar-refractivity contribution in [1.29, 1.82) is 0 Å². The summed E-state index contributed by atoms with van der Waals surface area (Å²) in [4.78, 5) is 4.47. The van der Waals surface area contributed by atoms with Gasteiger partial charge in [-0.3, -0.25) is 4.98 Å². The van der Waals surface area contributed by atoms with Crippen molar-refractivity contribution in [2.75, 3.05) is 6.54 Å². The standard InChI is InChI=1S/C16H22N2O/c1-4-14-8-9-16(19-14)15(17-5-2)10-13-7-6-12(3)11-18-13/h6-9,11,15,17H,4-5,10H2,1-3H3. The smallest absolute Gasteiger partial charge is 0.121 e. The monoisotopic (exact) mass is 258 g/mol. The maximum Gasteiger partial charge on any atom is 0.121 e. The predicted molar refractivity (Wildman–Crippen MR) is 77.2 cm³/mol. The number of nitrogens with one attached hydrogen (secondary N) is 1. The number of nitrogens with zero attached hydrogens (tertiary/aromatic N) is 1. The molecule has 0 aliphatic heterocycles. The molecule has 0 aromatic carbocycles. The van der Waals surface area contributed by atoms with Crippen LogP contribution in [0.5, 0.6) is 0 Å². The molecule has 0 spiro atoms. The van der Waals surface area contributed by atoms with Crippen molar-refractivity contribution in [3.05, 3.63) is 53.2 Å². The zero-order chi connectivity index (χ0) is 13.7. The minimum atomic E-state index is 0.195. The predicted octanol–water partition coefficient (Wildman–Crippen LogP) is 3.44. The van der Waals surface area contributed by atoms with Crippen LogP contribution < -0.4 is 5.32 Å². The zero-order valence-electron chi connectivity index (χ0n) is 11.9. The van der Waals surface area contributed by atoms with Crippen molar-refractivity contribution in [1.82, 2.24) is 10.3 Å². The molecule has 0 radical (unpaired) electrons. The Bertz CT molecular complexity index is 502. The first-order valence-corrected chi connectivity index (χ1v) is 6.96. The normalized spacial score (nSPS) is 12.6. The molecule has 0 aliphatic rings. The van der Waals surface area contributed by atoms with Gasteiger partial charge in [-0.05, 0) is 37.2 Å². The van der Waals surface area contributed by atoms with Gasteiger partial charge in [-0.2, -0.15) is 0 Å². The third kappa shape index (κ3) is 3.67. The van der Waals surface area contributed by atoms with Crippen molar-refractivity contribution < 1.29 is 4.42 Å². The van der Waals surface area contributed by atoms with Gasteiger partial charge in [0.1, 0.15) is 11.5 Å². The summed E-state index contributed by atoms with van der Waals surface area (Å²) in [7, 11) is 0. The van der Waals surface area contributed by atoms with Gasteiger partial charge < -0.3 is 9.73 Å². The van der Waals surface area contributed by atoms with E-state index < -0.39 is 0 Å². The fourth-order valence-electron chi connectivity index (χ4n) is 2.12. The molecule has 102 valence electrons. The highest BCUT2D eigenvalue weighted by Crippen LogP contribution is 2.20. The van der Waals surface area contributed by atoms with Gasteiger partial charge in [-0.25, -0.2) is 0 Å². The second-order valence-corrected chi connectivity index (χ2v) is 4.80. The molecule has 2 rings (SSSR count). The van der Waals surface area contributed by atoms with Crippen LogP contribution in [0, 0.1) is 6.92 Å². The van der Waals surface area contributed by atoms with Crippen LogP contribution in [0.25, 0.3) is 0 Å². The molecule has 0 saturated carbocycles. The Balaban J connectivity index is 2.13. The average molecular weight is 258 g/mol. The Hall–Kier alpha value is -1.61. The van der Waals surface area contributed by atoms with E-state index in [1.165, 1.54) is 5.56 Å². The van der Waals surface area contributed by atoms with Crippen molar-refractivity contribution in [2.24, 2.45) is 0 Å². The molecule has 3 nitrogen and oxygen atoms in total. The topological polar surface area (TPSA) is 38.1 Å². The SMILES string of the molecule is CCNC(Cc1ccc(C)cn1)c1ccc(CC)o1. The number of aryl methyl sites for hydroxylation is 2. The van der Waals surface area contributed by atoms with Gasteiger partial charge >= 0.3 is 0 Å². The molecule has 3 heteroatoms. The fraction of sp³-hybridized carbons (Fsp3) is 0.438. The van der Waals surface area contributed by atoms with Crippen molar-refractivity contribution >= 4 is 0 Å². The van der Waals surface area contributed by atoms with Gasteiger partial charge in [-0.1, -0.05) is 19.9 Å². The first-order chi connectivity index (χ1) is 9.22. The molecular formula is C16H22N2O. The van der Waals surface area contributed by atoms with Crippen molar-refractivity contribution in [3.8, 4) is 0 Å². The lowest BCUT2D eigenvalue weighted by Crippen LogP contribution is -2.22. The van der Waals surface area contributed by atoms with Crippen LogP contribution >= 0.6 is 0 Å². The molecule has 0 aliphatic carbocycles. The van der Waals surface area contributed by atoms with Gasteiger partial charge in [-0.15, -0.1) is 0 Å². The lowest BCUT2D eigenvalue weighted by Gasteiger charge is -2.15. The third-order valence-corrected chi connectivity index (χ3v) is 3.21. The molecule has 2 aromatic heterocycles. The third-order valence-electron chi connectivity index (χ3n) is 3.21. The number of hydrogen-bond acceptors (Lipinski definition) is 3. The van der Waals surface area contributed by atoms with E-state index in [4.69, 9.17) is 4.42 Å². The van der Waals surface area contributed by atoms with Gasteiger partial charge in [0.15, 0.2) is 0 Å². The maximum absolute atomic E-state index is 5.85. The summed E-state index contributed by atoms with van der Waals surface area (Å²) >= 11 is 0. The Labute approximate surface area is 115 Å². The molecule has 1 N–H and O–H groups in total. The highest BCUT2D eigenvalue weighted by molar-refractivity contribution is 5.17. The van der Waals surface area contributed by atoms with Gasteiger partial charge in [0.05, 0.1) is 6.04 Å². The second-order valence-electron chi connectivity index (χ2n) is 4.80. The van der Waals surface area contributed by atoms with Crippen molar-refractivity contribution in [3.63, 3.8) is 0 Å². The second kappa shape index (κ2) is 6.53. The van der Waals surface area contributed by atoms with E-state index in [-0.39, 0.29) is 6.04 Å². The number of aromatic nitrogens is 1. The van der Waals surface area contributed by atoms with E-state index >= 15 is 0 Å². The van der Waals surface area contributed by atoms with Gasteiger partial charge in [0.2, 0.25) is 0 Å². The highest BCUT2D eigenvalue weighted by Gasteiger charge is 2.15. The summed E-state index contributed by atoms with van der Waals surface area (Å²) in [6, 6.07) is 8.51. The van der Waals surface area contributed by atoms with E-state index in [0.29, 0.717) is 0 Å². The van der Waals surface area contributed by atoms with Crippen LogP contribution in [0.3, 0.4) is 0 Å². The molecule has 2 aromatic rings. The van der Waals surface area contributed by atoms with Crippen LogP contribution in [0.4, 0.5) is 0 Å². The lowest BCUT2D eigenvalue weighted by atomic mass is 10.1. The fourth-order valence-corrected chi connectivity index (χ4v) is 2.12. The summed E-state index contributed by atoms with van der Waals surface area (Å²) in [5.74, 6) is 2.04. The number of pyridine rings is 1. The van der Waals surface area contributed by atoms with E-state index in [1.54, 1.807) is 0 Å². The molecule has 1 atom stereocenters. The Morgan fingerprint density at radius 2 is 2.05 bits per heavy atom. The van der Waals surface area contributed by atoms with Crippen molar-refractivity contribution in [2.45, 2.75) is 39.7 Å². The van der Waals surface area contributed by atoms with Gasteiger partial charge in [0, 0.05) is 24.7 Å². The quantitative estimate of drug-likeness (QED) is 0.862. The summed E-state index contributed by atoms with van der Waals surface area (Å²) in [6.07, 6.45) is 3.70. The first kappa shape index (κ1) is 13.8. The van der Waals surface area contributed by atoms with Crippen LogP contribution in [-0.4, -0.2) is 11.5 Å². The summed E-state index contributed by atoms with van der Waals surface area (Å²) in [5.41, 5.74) is 2.28. The lowest BCUT2D eigenvalue weighted by molar-refractivity contribution is 0.395. The van der Waals surface area contributed by atoms with E-state index in [2.05, 4.69) is 55.3 Å². The molecule has 0 amide bonds. The van der Waals surface area contributed by atoms with Crippen LogP contribution in [-0.2, 0) is 12.8 Å². The van der Waals surface area contributed by atoms with E-state index in [9.17, 15) is 0 Å². The molecule has 0 bridgehead atoms. The number of rotatable bonds is 6. The molecule has 0 fully saturated rings. The Kier molecular flexibility index (Phi) is 4.74. The molecule has 2 heterocycles. The highest BCUT2D eigenvalue weighted by atomic mass is 16.3. The van der Waals surface area contributed by atoms with Gasteiger partial charge in [0.25, 0.3) is 0 Å². The number of furan rings is 1. The summed E-state index contributed by atoms with van der Waals surface area (Å²) < 4.78 is 5.85. The molecule has 1 unspecified atom stereocenters. The largest absolute Gasteiger partial charge is 0.464 e. The van der Waals surface area contributed by atoms with E-state index in [0.717, 1.165) is 36.6 Å². The molecular weight excluding hydrogens is 236 g/mol. The average Bonchev–Trinajstić information content (AvgIpc) is 2.89. The number of hydrogen-bond donors (Lipinski definition) is 1. The molecule has 19 heavy (non-hydrogen) atoms. The number of likely N-dealkylation sites (N-methyl/N-ethyl adjacent to an activating group) is 1. The van der Waals surface area contributed by atoms with Crippen LogP contribution in [0.2, 0.25) is 0 Å². The first-order valence-electron chi connectivity index (χ1n) is 6.96. The summed E-state index contributed by atoms with van der Waals surface area (Å²) in [6.45, 7) is 7.18. The van der Waals surface area contributed by atoms with Crippen LogP contribution in [0.1, 0.15) is 42.7 Å². The Morgan fingerprint density at radius 1 is 1.21 bits per heavy atom. The van der Waals surface area contributed by atoms with Crippen LogP contribution in [0.15, 0.2) is 34.9 Å². The zero-order valence-corrected chi connectivity index (χ0v) is 11.9. The van der Waals surface area contributed by atoms with E-state index in [1.807, 2.05) is 6.20 Å². The maximum atomic E-state index is 5.85. The summed E-state index contributed by atoms with van der Waals surface area (Å²) in [5, 5.41) is 3.47. The minimum Gasteiger partial charge on any atom is -0.464 e.